The molecule has 7 rings (SSSR count). The number of hydrogen-bond acceptors (Lipinski definition) is 5. The lowest BCUT2D eigenvalue weighted by Crippen LogP contribution is -2.69. The predicted molar refractivity (Wildman–Crippen MR) is 133 cm³/mol. The van der Waals surface area contributed by atoms with Crippen molar-refractivity contribution in [2.75, 3.05) is 31.2 Å². The summed E-state index contributed by atoms with van der Waals surface area (Å²) >= 11 is 6.23. The Balaban J connectivity index is 1.14. The van der Waals surface area contributed by atoms with Crippen molar-refractivity contribution >= 4 is 17.3 Å². The molecule has 2 aromatic carbocycles. The van der Waals surface area contributed by atoms with Gasteiger partial charge >= 0.3 is 12.4 Å². The Morgan fingerprint density at radius 2 is 1.60 bits per heavy atom. The van der Waals surface area contributed by atoms with E-state index >= 15 is 0 Å². The SMILES string of the molecule is Fc1ccc(N2CC3(CC(c4nnc5n4-c4ccc(Cl)cc4CN(C4(C(F)(F)F)COC4)C5)C3)C2)c(F)c1C(F)(F)F. The second kappa shape index (κ2) is 9.02. The van der Waals surface area contributed by atoms with Gasteiger partial charge in [0.2, 0.25) is 0 Å². The number of halogens is 9. The van der Waals surface area contributed by atoms with Crippen LogP contribution in [0.3, 0.4) is 0 Å². The van der Waals surface area contributed by atoms with Crippen molar-refractivity contribution in [1.29, 1.82) is 0 Å². The van der Waals surface area contributed by atoms with Gasteiger partial charge in [0.1, 0.15) is 17.2 Å². The highest BCUT2D eigenvalue weighted by Crippen LogP contribution is 2.57. The lowest BCUT2D eigenvalue weighted by Gasteiger charge is -2.59. The van der Waals surface area contributed by atoms with Gasteiger partial charge in [0.05, 0.1) is 31.1 Å². The van der Waals surface area contributed by atoms with Crippen LogP contribution in [-0.2, 0) is 24.0 Å². The molecule has 1 saturated carbocycles. The van der Waals surface area contributed by atoms with E-state index in [4.69, 9.17) is 16.3 Å². The first kappa shape index (κ1) is 27.8. The van der Waals surface area contributed by atoms with Gasteiger partial charge in [-0.25, -0.2) is 8.78 Å². The summed E-state index contributed by atoms with van der Waals surface area (Å²) < 4.78 is 117. The molecule has 0 N–H and O–H groups in total. The van der Waals surface area contributed by atoms with Crippen LogP contribution >= 0.6 is 11.6 Å². The van der Waals surface area contributed by atoms with Crippen LogP contribution in [-0.4, -0.2) is 57.7 Å². The van der Waals surface area contributed by atoms with Gasteiger partial charge in [-0.3, -0.25) is 9.47 Å². The van der Waals surface area contributed by atoms with E-state index in [9.17, 15) is 35.1 Å². The molecule has 3 fully saturated rings. The lowest BCUT2D eigenvalue weighted by molar-refractivity contribution is -0.310. The van der Waals surface area contributed by atoms with Gasteiger partial charge in [-0.2, -0.15) is 26.3 Å². The Bertz CT molecular complexity index is 1570. The molecule has 1 aromatic heterocycles. The number of hydrogen-bond donors (Lipinski definition) is 0. The normalized spacial score (nSPS) is 21.7. The molecule has 224 valence electrons. The van der Waals surface area contributed by atoms with Crippen LogP contribution in [0.2, 0.25) is 5.02 Å². The fourth-order valence-electron chi connectivity index (χ4n) is 6.82. The highest BCUT2D eigenvalue weighted by molar-refractivity contribution is 6.30. The Labute approximate surface area is 238 Å². The number of benzene rings is 2. The van der Waals surface area contributed by atoms with Gasteiger partial charge in [0.25, 0.3) is 0 Å². The molecule has 2 saturated heterocycles. The van der Waals surface area contributed by atoms with Gasteiger partial charge < -0.3 is 9.64 Å². The van der Waals surface area contributed by atoms with E-state index in [1.54, 1.807) is 22.8 Å². The fourth-order valence-corrected chi connectivity index (χ4v) is 7.01. The standard InChI is InChI=1S/C27H22ClF8N5O/c28-16-1-3-18-14(5-16)8-40(25(12-42-13-25)27(34,35)36)9-20-37-38-23(41(18)20)15-6-24(7-15)10-39(11-24)19-4-2-17(29)21(22(19)30)26(31,32)33/h1-5,15H,6-13H2. The molecule has 1 aliphatic carbocycles. The lowest BCUT2D eigenvalue weighted by atomic mass is 9.57. The van der Waals surface area contributed by atoms with Crippen molar-refractivity contribution in [1.82, 2.24) is 19.7 Å². The maximum absolute atomic E-state index is 14.7. The fraction of sp³-hybridized carbons (Fsp3) is 0.481. The highest BCUT2D eigenvalue weighted by atomic mass is 35.5. The van der Waals surface area contributed by atoms with E-state index in [1.807, 2.05) is 0 Å². The summed E-state index contributed by atoms with van der Waals surface area (Å²) in [6, 6.07) is 6.63. The monoisotopic (exact) mass is 619 g/mol. The largest absolute Gasteiger partial charge is 0.422 e. The van der Waals surface area contributed by atoms with Gasteiger partial charge in [-0.1, -0.05) is 11.6 Å². The average Bonchev–Trinajstić information content (AvgIpc) is 3.11. The van der Waals surface area contributed by atoms with Crippen molar-refractivity contribution in [3.05, 3.63) is 69.8 Å². The number of aromatic nitrogens is 3. The third kappa shape index (κ3) is 4.04. The van der Waals surface area contributed by atoms with Crippen LogP contribution in [0.15, 0.2) is 30.3 Å². The summed E-state index contributed by atoms with van der Waals surface area (Å²) in [7, 11) is 0. The van der Waals surface area contributed by atoms with E-state index in [0.29, 0.717) is 46.8 Å². The number of rotatable bonds is 3. The zero-order valence-electron chi connectivity index (χ0n) is 21.7. The molecular weight excluding hydrogens is 598 g/mol. The van der Waals surface area contributed by atoms with Crippen LogP contribution in [0.25, 0.3) is 5.69 Å². The van der Waals surface area contributed by atoms with Crippen LogP contribution in [0.1, 0.15) is 41.5 Å². The first-order valence-electron chi connectivity index (χ1n) is 13.1. The zero-order valence-corrected chi connectivity index (χ0v) is 22.4. The Kier molecular flexibility index (Phi) is 5.98. The number of ether oxygens (including phenoxy) is 1. The molecule has 15 heteroatoms. The molecule has 0 bridgehead atoms. The third-order valence-corrected chi connectivity index (χ3v) is 9.25. The van der Waals surface area contributed by atoms with Crippen molar-refractivity contribution in [2.45, 2.75) is 49.7 Å². The third-order valence-electron chi connectivity index (χ3n) is 9.02. The molecule has 1 spiro atoms. The van der Waals surface area contributed by atoms with Crippen molar-refractivity contribution < 1.29 is 39.9 Å². The topological polar surface area (TPSA) is 46.4 Å². The maximum Gasteiger partial charge on any atom is 0.422 e. The molecule has 4 aliphatic rings. The van der Waals surface area contributed by atoms with Crippen LogP contribution in [0, 0.1) is 17.0 Å². The van der Waals surface area contributed by atoms with E-state index in [0.717, 1.165) is 6.07 Å². The summed E-state index contributed by atoms with van der Waals surface area (Å²) in [5.41, 5.74) is -3.48. The minimum absolute atomic E-state index is 0.0335. The van der Waals surface area contributed by atoms with Gasteiger partial charge in [-0.15, -0.1) is 10.2 Å². The molecule has 0 amide bonds. The molecule has 3 aliphatic heterocycles. The van der Waals surface area contributed by atoms with Crippen molar-refractivity contribution in [3.8, 4) is 5.69 Å². The molecule has 4 heterocycles. The first-order valence-corrected chi connectivity index (χ1v) is 13.5. The molecule has 42 heavy (non-hydrogen) atoms. The van der Waals surface area contributed by atoms with Crippen LogP contribution in [0.4, 0.5) is 40.8 Å². The Morgan fingerprint density at radius 3 is 2.21 bits per heavy atom. The Hall–Kier alpha value is -2.97. The molecule has 0 unspecified atom stereocenters. The molecule has 6 nitrogen and oxygen atoms in total. The van der Waals surface area contributed by atoms with Crippen molar-refractivity contribution in [2.24, 2.45) is 5.41 Å². The zero-order chi connectivity index (χ0) is 29.8. The predicted octanol–water partition coefficient (Wildman–Crippen LogP) is 6.25. The van der Waals surface area contributed by atoms with Gasteiger partial charge in [-0.05, 0) is 48.7 Å². The maximum atomic E-state index is 14.7. The van der Waals surface area contributed by atoms with Crippen molar-refractivity contribution in [3.63, 3.8) is 0 Å². The number of fused-ring (bicyclic) bond motifs is 3. The van der Waals surface area contributed by atoms with E-state index in [1.165, 1.54) is 9.80 Å². The number of alkyl halides is 6. The Morgan fingerprint density at radius 1 is 0.905 bits per heavy atom. The highest BCUT2D eigenvalue weighted by Gasteiger charge is 2.64. The van der Waals surface area contributed by atoms with Crippen LogP contribution in [0.5, 0.6) is 0 Å². The second-order valence-electron chi connectivity index (χ2n) is 11.7. The quantitative estimate of drug-likeness (QED) is 0.325. The number of nitrogens with zero attached hydrogens (tertiary/aromatic N) is 5. The first-order chi connectivity index (χ1) is 19.7. The van der Waals surface area contributed by atoms with Crippen LogP contribution < -0.4 is 4.90 Å². The molecule has 3 aromatic rings. The molecule has 0 atom stereocenters. The molecular formula is C27H22ClF8N5O. The summed E-state index contributed by atoms with van der Waals surface area (Å²) in [5.74, 6) is -2.52. The van der Waals surface area contributed by atoms with Gasteiger partial charge in [0, 0.05) is 36.0 Å². The number of anilines is 1. The summed E-state index contributed by atoms with van der Waals surface area (Å²) in [5, 5.41) is 9.02. The smallest absolute Gasteiger partial charge is 0.377 e. The summed E-state index contributed by atoms with van der Waals surface area (Å²) in [6.45, 7) is -0.591. The molecule has 0 radical (unpaired) electrons. The summed E-state index contributed by atoms with van der Waals surface area (Å²) in [4.78, 5) is 2.76. The summed E-state index contributed by atoms with van der Waals surface area (Å²) in [6.07, 6.45) is -8.56. The minimum Gasteiger partial charge on any atom is -0.377 e. The second-order valence-corrected chi connectivity index (χ2v) is 12.1. The van der Waals surface area contributed by atoms with E-state index in [2.05, 4.69) is 10.2 Å². The van der Waals surface area contributed by atoms with E-state index in [-0.39, 0.29) is 43.2 Å². The minimum atomic E-state index is -5.17. The van der Waals surface area contributed by atoms with E-state index < -0.39 is 48.3 Å². The average molecular weight is 620 g/mol. The van der Waals surface area contributed by atoms with Gasteiger partial charge in [0.15, 0.2) is 17.2 Å².